The van der Waals surface area contributed by atoms with Crippen LogP contribution in [-0.4, -0.2) is 46.9 Å². The molecule has 1 heterocycles. The number of carboxylic acid groups (broad SMARTS) is 1. The van der Waals surface area contributed by atoms with Gasteiger partial charge >= 0.3 is 5.97 Å². The zero-order chi connectivity index (χ0) is 23.1. The smallest absolute Gasteiger partial charge is 0.326 e. The van der Waals surface area contributed by atoms with E-state index in [-0.39, 0.29) is 12.8 Å². The van der Waals surface area contributed by atoms with Gasteiger partial charge in [0.05, 0.1) is 18.1 Å². The van der Waals surface area contributed by atoms with Crippen LogP contribution >= 0.6 is 0 Å². The van der Waals surface area contributed by atoms with Crippen molar-refractivity contribution in [3.05, 3.63) is 71.3 Å². The van der Waals surface area contributed by atoms with Gasteiger partial charge in [0.15, 0.2) is 0 Å². The maximum atomic E-state index is 12.4. The zero-order valence-electron chi connectivity index (χ0n) is 17.1. The molecule has 9 heteroatoms. The Morgan fingerprint density at radius 1 is 0.969 bits per heavy atom. The maximum Gasteiger partial charge on any atom is 0.326 e. The predicted molar refractivity (Wildman–Crippen MR) is 113 cm³/mol. The number of hydrogen-bond donors (Lipinski definition) is 4. The molecule has 2 aromatic rings. The second kappa shape index (κ2) is 10.2. The van der Waals surface area contributed by atoms with Crippen molar-refractivity contribution in [1.82, 2.24) is 16.0 Å². The zero-order valence-corrected chi connectivity index (χ0v) is 17.1. The third kappa shape index (κ3) is 5.92. The summed E-state index contributed by atoms with van der Waals surface area (Å²) in [5.74, 6) is -2.81. The van der Waals surface area contributed by atoms with E-state index in [1.807, 2.05) is 36.4 Å². The Bertz CT molecular complexity index is 1050. The molecule has 1 fully saturated rings. The summed E-state index contributed by atoms with van der Waals surface area (Å²) in [5.41, 5.74) is 1.95. The van der Waals surface area contributed by atoms with Crippen molar-refractivity contribution in [3.8, 4) is 6.07 Å². The van der Waals surface area contributed by atoms with Crippen LogP contribution in [-0.2, 0) is 32.0 Å². The molecule has 0 bridgehead atoms. The molecule has 32 heavy (non-hydrogen) atoms. The molecule has 164 valence electrons. The van der Waals surface area contributed by atoms with Crippen LogP contribution in [0.3, 0.4) is 0 Å². The standard InChI is InChI=1S/C23H22N4O5/c24-13-16-8-6-15(7-9-16)11-19(23(31)32)25-20(28)12-18-22(30)26-17(21(29)27-18)10-14-4-2-1-3-5-14/h1-9,17-19H,10-12H2,(H,25,28)(H,26,30)(H,27,29)(H,31,32)/t17-,18-,19+/m0/s1. The van der Waals surface area contributed by atoms with E-state index in [1.54, 1.807) is 24.3 Å². The van der Waals surface area contributed by atoms with Crippen LogP contribution in [0.4, 0.5) is 0 Å². The fraction of sp³-hybridized carbons (Fsp3) is 0.261. The van der Waals surface area contributed by atoms with Crippen molar-refractivity contribution >= 4 is 23.7 Å². The van der Waals surface area contributed by atoms with Gasteiger partial charge in [0, 0.05) is 12.8 Å². The summed E-state index contributed by atoms with van der Waals surface area (Å²) < 4.78 is 0. The second-order valence-corrected chi connectivity index (χ2v) is 7.49. The molecule has 0 unspecified atom stereocenters. The van der Waals surface area contributed by atoms with Crippen molar-refractivity contribution < 1.29 is 24.3 Å². The summed E-state index contributed by atoms with van der Waals surface area (Å²) in [6.07, 6.45) is -0.0507. The van der Waals surface area contributed by atoms with Gasteiger partial charge in [0.2, 0.25) is 17.7 Å². The van der Waals surface area contributed by atoms with E-state index in [4.69, 9.17) is 5.26 Å². The first kappa shape index (κ1) is 22.5. The third-order valence-corrected chi connectivity index (χ3v) is 5.09. The Morgan fingerprint density at radius 3 is 2.22 bits per heavy atom. The van der Waals surface area contributed by atoms with Gasteiger partial charge in [0.25, 0.3) is 0 Å². The number of nitrogens with one attached hydrogen (secondary N) is 3. The van der Waals surface area contributed by atoms with E-state index in [1.165, 1.54) is 0 Å². The van der Waals surface area contributed by atoms with Crippen LogP contribution in [0.25, 0.3) is 0 Å². The summed E-state index contributed by atoms with van der Waals surface area (Å²) in [5, 5.41) is 25.8. The fourth-order valence-electron chi connectivity index (χ4n) is 3.40. The molecule has 9 nitrogen and oxygen atoms in total. The Morgan fingerprint density at radius 2 is 1.59 bits per heavy atom. The van der Waals surface area contributed by atoms with Gasteiger partial charge in [-0.05, 0) is 23.3 Å². The Hall–Kier alpha value is -4.19. The lowest BCUT2D eigenvalue weighted by Crippen LogP contribution is -2.63. The normalized spacial score (nSPS) is 18.6. The van der Waals surface area contributed by atoms with E-state index in [2.05, 4.69) is 16.0 Å². The summed E-state index contributed by atoms with van der Waals surface area (Å²) in [6.45, 7) is 0. The average Bonchev–Trinajstić information content (AvgIpc) is 2.78. The molecule has 0 aromatic heterocycles. The highest BCUT2D eigenvalue weighted by atomic mass is 16.4. The van der Waals surface area contributed by atoms with Gasteiger partial charge in [0.1, 0.15) is 18.1 Å². The van der Waals surface area contributed by atoms with Gasteiger partial charge < -0.3 is 21.1 Å². The Kier molecular flexibility index (Phi) is 7.18. The van der Waals surface area contributed by atoms with Gasteiger partial charge in [-0.2, -0.15) is 5.26 Å². The van der Waals surface area contributed by atoms with Crippen molar-refractivity contribution in [2.24, 2.45) is 0 Å². The second-order valence-electron chi connectivity index (χ2n) is 7.49. The van der Waals surface area contributed by atoms with Crippen molar-refractivity contribution in [3.63, 3.8) is 0 Å². The minimum absolute atomic E-state index is 0.00908. The van der Waals surface area contributed by atoms with Crippen LogP contribution in [0, 0.1) is 11.3 Å². The topological polar surface area (TPSA) is 148 Å². The van der Waals surface area contributed by atoms with Crippen molar-refractivity contribution in [2.45, 2.75) is 37.4 Å². The molecule has 0 spiro atoms. The highest BCUT2D eigenvalue weighted by Crippen LogP contribution is 2.10. The first-order chi connectivity index (χ1) is 15.4. The largest absolute Gasteiger partial charge is 0.480 e. The predicted octanol–water partition coefficient (Wildman–Crippen LogP) is 0.286. The lowest BCUT2D eigenvalue weighted by molar-refractivity contribution is -0.142. The molecule has 2 aromatic carbocycles. The molecule has 3 amide bonds. The molecule has 1 aliphatic rings. The highest BCUT2D eigenvalue weighted by Gasteiger charge is 2.35. The number of nitrogens with zero attached hydrogens (tertiary/aromatic N) is 1. The molecule has 1 aliphatic heterocycles. The molecule has 4 N–H and O–H groups in total. The van der Waals surface area contributed by atoms with Crippen molar-refractivity contribution in [2.75, 3.05) is 0 Å². The summed E-state index contributed by atoms with van der Waals surface area (Å²) in [6, 6.07) is 14.5. The number of carbonyl (C=O) groups excluding carboxylic acids is 3. The van der Waals surface area contributed by atoms with Gasteiger partial charge in [-0.15, -0.1) is 0 Å². The number of hydrogen-bond acceptors (Lipinski definition) is 5. The van der Waals surface area contributed by atoms with E-state index in [0.717, 1.165) is 5.56 Å². The Labute approximate surface area is 184 Å². The van der Waals surface area contributed by atoms with Crippen LogP contribution in [0.2, 0.25) is 0 Å². The van der Waals surface area contributed by atoms with Crippen molar-refractivity contribution in [1.29, 1.82) is 5.26 Å². The van der Waals surface area contributed by atoms with Crippen LogP contribution in [0.1, 0.15) is 23.1 Å². The summed E-state index contributed by atoms with van der Waals surface area (Å²) >= 11 is 0. The van der Waals surface area contributed by atoms with Gasteiger partial charge in [-0.3, -0.25) is 14.4 Å². The average molecular weight is 434 g/mol. The van der Waals surface area contributed by atoms with E-state index < -0.39 is 41.8 Å². The molecular weight excluding hydrogens is 412 g/mol. The Balaban J connectivity index is 1.55. The first-order valence-electron chi connectivity index (χ1n) is 10.0. The van der Waals surface area contributed by atoms with Gasteiger partial charge in [-0.25, -0.2) is 4.79 Å². The maximum absolute atomic E-state index is 12.4. The van der Waals surface area contributed by atoms with Crippen LogP contribution in [0.15, 0.2) is 54.6 Å². The first-order valence-corrected chi connectivity index (χ1v) is 10.0. The van der Waals surface area contributed by atoms with Crippen LogP contribution < -0.4 is 16.0 Å². The quantitative estimate of drug-likeness (QED) is 0.469. The minimum Gasteiger partial charge on any atom is -0.480 e. The monoisotopic (exact) mass is 434 g/mol. The lowest BCUT2D eigenvalue weighted by Gasteiger charge is -2.29. The number of carbonyl (C=O) groups is 4. The SMILES string of the molecule is N#Cc1ccc(C[C@@H](NC(=O)C[C@@H]2NC(=O)[C@H](Cc3ccccc3)NC2=O)C(=O)O)cc1. The number of aliphatic carboxylic acids is 1. The molecule has 0 radical (unpaired) electrons. The lowest BCUT2D eigenvalue weighted by atomic mass is 10.0. The number of rotatable bonds is 8. The molecule has 0 aliphatic carbocycles. The molecule has 1 saturated heterocycles. The number of nitriles is 1. The summed E-state index contributed by atoms with van der Waals surface area (Å²) in [4.78, 5) is 48.7. The fourth-order valence-corrected chi connectivity index (χ4v) is 3.40. The minimum atomic E-state index is -1.23. The molecule has 0 saturated carbocycles. The highest BCUT2D eigenvalue weighted by molar-refractivity contribution is 5.99. The van der Waals surface area contributed by atoms with E-state index >= 15 is 0 Å². The number of benzene rings is 2. The van der Waals surface area contributed by atoms with E-state index in [0.29, 0.717) is 17.5 Å². The molecule has 3 rings (SSSR count). The van der Waals surface area contributed by atoms with E-state index in [9.17, 15) is 24.3 Å². The number of carboxylic acids is 1. The number of amides is 3. The molecule has 3 atom stereocenters. The third-order valence-electron chi connectivity index (χ3n) is 5.09. The van der Waals surface area contributed by atoms with Crippen LogP contribution in [0.5, 0.6) is 0 Å². The number of piperazine rings is 1. The summed E-state index contributed by atoms with van der Waals surface area (Å²) in [7, 11) is 0. The molecular formula is C23H22N4O5. The van der Waals surface area contributed by atoms with Gasteiger partial charge in [-0.1, -0.05) is 42.5 Å².